The predicted molar refractivity (Wildman–Crippen MR) is 256 cm³/mol. The minimum absolute atomic E-state index is 0.319. The molecule has 8 heteroatoms. The van der Waals surface area contributed by atoms with Crippen LogP contribution < -0.4 is 0 Å². The van der Waals surface area contributed by atoms with Crippen molar-refractivity contribution in [1.29, 1.82) is 0 Å². The summed E-state index contributed by atoms with van der Waals surface area (Å²) in [6, 6.07) is 63.0. The Kier molecular flexibility index (Phi) is 12.3. The number of aliphatic hydroxyl groups is 2. The normalized spacial score (nSPS) is 16.2. The van der Waals surface area contributed by atoms with Gasteiger partial charge in [-0.2, -0.15) is 0 Å². The van der Waals surface area contributed by atoms with Crippen LogP contribution in [0.15, 0.2) is 194 Å². The third-order valence-corrected chi connectivity index (χ3v) is 12.6. The average molecular weight is 893 g/mol. The Labute approximate surface area is 379 Å². The number of aliphatic carboxylic acids is 1. The molecule has 9 aromatic carbocycles. The second-order valence-electron chi connectivity index (χ2n) is 14.9. The molecule has 0 heterocycles. The Hall–Kier alpha value is -5.95. The van der Waals surface area contributed by atoms with Gasteiger partial charge in [0.05, 0.1) is 20.1 Å². The molecule has 1 aliphatic rings. The number of fused-ring (bicyclic) bond motifs is 4. The molecule has 4 nitrogen and oxygen atoms in total. The summed E-state index contributed by atoms with van der Waals surface area (Å²) in [5, 5.41) is 38.3. The Bertz CT molecular complexity index is 2870. The number of rotatable bonds is 4. The van der Waals surface area contributed by atoms with Crippen LogP contribution in [0.2, 0.25) is 20.1 Å². The van der Waals surface area contributed by atoms with Gasteiger partial charge >= 0.3 is 0 Å². The van der Waals surface area contributed by atoms with E-state index in [4.69, 9.17) is 56.3 Å². The Morgan fingerprint density at radius 1 is 0.387 bits per heavy atom. The predicted octanol–water partition coefficient (Wildman–Crippen LogP) is 14.6. The van der Waals surface area contributed by atoms with Crippen LogP contribution in [0.3, 0.4) is 0 Å². The maximum atomic E-state index is 12.2. The van der Waals surface area contributed by atoms with E-state index in [9.17, 15) is 10.2 Å². The molecule has 1 aliphatic carbocycles. The van der Waals surface area contributed by atoms with Crippen LogP contribution in [0.25, 0.3) is 43.8 Å². The van der Waals surface area contributed by atoms with Gasteiger partial charge < -0.3 is 15.3 Å². The summed E-state index contributed by atoms with van der Waals surface area (Å²) >= 11 is 25.7. The van der Waals surface area contributed by atoms with E-state index in [0.29, 0.717) is 53.5 Å². The van der Waals surface area contributed by atoms with Gasteiger partial charge in [-0.05, 0) is 90.3 Å². The molecule has 10 rings (SSSR count). The first-order chi connectivity index (χ1) is 29.9. The SMILES string of the molecule is CC(=O)O.Clc1cc2c(-c3ccccc3)c3ccccc3c(-c3ccccc3)c2cc1Cl.OC1(c2ccccc2)c2ccccc2C(O)(c2ccccc2)c2cc(Cl)c(Cl)cc21. The molecule has 306 valence electrons. The van der Waals surface area contributed by atoms with E-state index in [2.05, 4.69) is 72.8 Å². The second kappa shape index (κ2) is 17.8. The van der Waals surface area contributed by atoms with E-state index in [1.807, 2.05) is 109 Å². The smallest absolute Gasteiger partial charge is 0.300 e. The molecule has 2 unspecified atom stereocenters. The molecule has 9 aromatic rings. The van der Waals surface area contributed by atoms with Crippen molar-refractivity contribution in [2.45, 2.75) is 18.1 Å². The standard InChI is InChI=1S/C26H18Cl2O2.C26H16Cl2.C2H4O2/c27-23-15-21-22(16-24(23)28)26(30,18-11-5-2-6-12-18)20-14-8-7-13-19(20)25(21,29)17-9-3-1-4-10-17;27-23-15-21-22(16-24(23)28)26(18-11-5-2-6-12-18)20-14-8-7-13-19(20)25(21)17-9-3-1-4-10-17;1-2(3)4/h1-16,29-30H;1-16H;1H3,(H,3,4). The first-order valence-electron chi connectivity index (χ1n) is 19.7. The quantitative estimate of drug-likeness (QED) is 0.154. The number of carboxylic acid groups (broad SMARTS) is 1. The van der Waals surface area contributed by atoms with Crippen LogP contribution in [0.4, 0.5) is 0 Å². The lowest BCUT2D eigenvalue weighted by atomic mass is 9.63. The van der Waals surface area contributed by atoms with Crippen molar-refractivity contribution in [3.05, 3.63) is 248 Å². The minimum Gasteiger partial charge on any atom is -0.481 e. The third-order valence-electron chi connectivity index (χ3n) is 11.1. The van der Waals surface area contributed by atoms with Crippen LogP contribution >= 0.6 is 46.4 Å². The third kappa shape index (κ3) is 7.76. The summed E-state index contributed by atoms with van der Waals surface area (Å²) in [6.07, 6.45) is 0. The van der Waals surface area contributed by atoms with Crippen LogP contribution in [0, 0.1) is 0 Å². The van der Waals surface area contributed by atoms with Crippen molar-refractivity contribution in [3.63, 3.8) is 0 Å². The Balaban J connectivity index is 0.000000158. The molecular weight excluding hydrogens is 854 g/mol. The summed E-state index contributed by atoms with van der Waals surface area (Å²) in [7, 11) is 0. The first-order valence-corrected chi connectivity index (χ1v) is 21.2. The molecule has 0 saturated carbocycles. The molecule has 62 heavy (non-hydrogen) atoms. The highest BCUT2D eigenvalue weighted by molar-refractivity contribution is 6.43. The first kappa shape index (κ1) is 42.7. The van der Waals surface area contributed by atoms with Gasteiger partial charge in [0.1, 0.15) is 11.2 Å². The van der Waals surface area contributed by atoms with Gasteiger partial charge in [0.15, 0.2) is 0 Å². The number of hydrogen-bond acceptors (Lipinski definition) is 3. The zero-order valence-electron chi connectivity index (χ0n) is 33.2. The zero-order valence-corrected chi connectivity index (χ0v) is 36.3. The van der Waals surface area contributed by atoms with Crippen LogP contribution in [-0.4, -0.2) is 21.3 Å². The fourth-order valence-corrected chi connectivity index (χ4v) is 9.19. The molecule has 0 aliphatic heterocycles. The number of carboxylic acids is 1. The lowest BCUT2D eigenvalue weighted by Crippen LogP contribution is -2.44. The Morgan fingerprint density at radius 2 is 0.661 bits per heavy atom. The summed E-state index contributed by atoms with van der Waals surface area (Å²) in [5.74, 6) is -0.833. The molecule has 2 atom stereocenters. The van der Waals surface area contributed by atoms with E-state index in [1.54, 1.807) is 12.1 Å². The maximum absolute atomic E-state index is 12.2. The van der Waals surface area contributed by atoms with Crippen molar-refractivity contribution in [3.8, 4) is 22.3 Å². The topological polar surface area (TPSA) is 77.8 Å². The Morgan fingerprint density at radius 3 is 1.00 bits per heavy atom. The molecule has 3 N–H and O–H groups in total. The van der Waals surface area contributed by atoms with Crippen molar-refractivity contribution < 1.29 is 20.1 Å². The zero-order chi connectivity index (χ0) is 43.6. The van der Waals surface area contributed by atoms with Gasteiger partial charge in [0.2, 0.25) is 0 Å². The van der Waals surface area contributed by atoms with E-state index < -0.39 is 17.2 Å². The monoisotopic (exact) mass is 890 g/mol. The largest absolute Gasteiger partial charge is 0.481 e. The van der Waals surface area contributed by atoms with Crippen LogP contribution in [0.5, 0.6) is 0 Å². The van der Waals surface area contributed by atoms with Crippen LogP contribution in [-0.2, 0) is 16.0 Å². The summed E-state index contributed by atoms with van der Waals surface area (Å²) < 4.78 is 0. The summed E-state index contributed by atoms with van der Waals surface area (Å²) in [5.41, 5.74) is 5.31. The number of benzene rings is 9. The second-order valence-corrected chi connectivity index (χ2v) is 16.5. The molecule has 0 aromatic heterocycles. The number of carbonyl (C=O) groups is 1. The lowest BCUT2D eigenvalue weighted by molar-refractivity contribution is -0.134. The highest BCUT2D eigenvalue weighted by Crippen LogP contribution is 2.54. The highest BCUT2D eigenvalue weighted by atomic mass is 35.5. The molecular formula is C54H38Cl4O4. The fourth-order valence-electron chi connectivity index (χ4n) is 8.53. The molecule has 0 amide bonds. The van der Waals surface area contributed by atoms with E-state index >= 15 is 0 Å². The van der Waals surface area contributed by atoms with E-state index in [-0.39, 0.29) is 0 Å². The molecule has 0 radical (unpaired) electrons. The maximum Gasteiger partial charge on any atom is 0.300 e. The minimum atomic E-state index is -1.50. The van der Waals surface area contributed by atoms with Gasteiger partial charge in [0, 0.05) is 18.1 Å². The van der Waals surface area contributed by atoms with Gasteiger partial charge in [-0.1, -0.05) is 216 Å². The van der Waals surface area contributed by atoms with Crippen molar-refractivity contribution >= 4 is 73.9 Å². The van der Waals surface area contributed by atoms with Gasteiger partial charge in [-0.15, -0.1) is 0 Å². The van der Waals surface area contributed by atoms with Gasteiger partial charge in [-0.3, -0.25) is 4.79 Å². The average Bonchev–Trinajstić information content (AvgIpc) is 3.30. The lowest BCUT2D eigenvalue weighted by Gasteiger charge is -2.45. The van der Waals surface area contributed by atoms with Crippen molar-refractivity contribution in [1.82, 2.24) is 0 Å². The number of hydrogen-bond donors (Lipinski definition) is 3. The van der Waals surface area contributed by atoms with Crippen LogP contribution in [0.1, 0.15) is 40.3 Å². The molecule has 0 spiro atoms. The number of halogens is 4. The molecule has 0 fully saturated rings. The molecule has 0 saturated heterocycles. The fraction of sp³-hybridized carbons (Fsp3) is 0.0556. The van der Waals surface area contributed by atoms with E-state index in [0.717, 1.165) is 17.7 Å². The van der Waals surface area contributed by atoms with Crippen molar-refractivity contribution in [2.75, 3.05) is 0 Å². The van der Waals surface area contributed by atoms with Gasteiger partial charge in [0.25, 0.3) is 5.97 Å². The summed E-state index contributed by atoms with van der Waals surface area (Å²) in [6.45, 7) is 1.08. The van der Waals surface area contributed by atoms with E-state index in [1.165, 1.54) is 33.0 Å². The highest BCUT2D eigenvalue weighted by Gasteiger charge is 2.51. The van der Waals surface area contributed by atoms with Crippen molar-refractivity contribution in [2.24, 2.45) is 0 Å². The summed E-state index contributed by atoms with van der Waals surface area (Å²) in [4.78, 5) is 9.00. The van der Waals surface area contributed by atoms with Gasteiger partial charge in [-0.25, -0.2) is 0 Å². The molecule has 0 bridgehead atoms.